The van der Waals surface area contributed by atoms with Gasteiger partial charge < -0.3 is 9.31 Å². The van der Waals surface area contributed by atoms with E-state index in [4.69, 9.17) is 15.9 Å². The van der Waals surface area contributed by atoms with Gasteiger partial charge in [0.1, 0.15) is 0 Å². The minimum atomic E-state index is -0.338. The lowest BCUT2D eigenvalue weighted by Crippen LogP contribution is -2.41. The van der Waals surface area contributed by atoms with Gasteiger partial charge in [0.2, 0.25) is 0 Å². The van der Waals surface area contributed by atoms with Crippen molar-refractivity contribution in [1.82, 2.24) is 0 Å². The Balaban J connectivity index is 1.51. The highest BCUT2D eigenvalue weighted by Crippen LogP contribution is 2.36. The van der Waals surface area contributed by atoms with E-state index in [0.717, 1.165) is 27.7 Å². The molecule has 0 aromatic heterocycles. The summed E-state index contributed by atoms with van der Waals surface area (Å²) in [5.74, 6) is 0. The summed E-state index contributed by atoms with van der Waals surface area (Å²) in [5.41, 5.74) is 5.58. The number of hydrogen-bond acceptors (Lipinski definition) is 2. The highest BCUT2D eigenvalue weighted by atomic mass is 16.7. The van der Waals surface area contributed by atoms with Crippen molar-refractivity contribution in [3.05, 3.63) is 84.2 Å². The molecule has 144 valence electrons. The predicted octanol–water partition coefficient (Wildman–Crippen LogP) is 5.87. The second kappa shape index (κ2) is 7.19. The lowest BCUT2D eigenvalue weighted by atomic mass is 9.78. The summed E-state index contributed by atoms with van der Waals surface area (Å²) in [6, 6.07) is 24.5. The maximum Gasteiger partial charge on any atom is 0.494 e. The zero-order chi connectivity index (χ0) is 20.6. The first-order valence-electron chi connectivity index (χ1n) is 9.83. The minimum absolute atomic E-state index is 0.334. The van der Waals surface area contributed by atoms with E-state index in [1.165, 1.54) is 0 Å². The fourth-order valence-electron chi connectivity index (χ4n) is 3.40. The Morgan fingerprint density at radius 1 is 0.621 bits per heavy atom. The molecule has 0 amide bonds. The summed E-state index contributed by atoms with van der Waals surface area (Å²) in [7, 11) is -0.338. The van der Waals surface area contributed by atoms with Crippen molar-refractivity contribution in [3.63, 3.8) is 0 Å². The van der Waals surface area contributed by atoms with Crippen LogP contribution in [0.25, 0.3) is 27.1 Å². The van der Waals surface area contributed by atoms with Gasteiger partial charge in [0.05, 0.1) is 17.8 Å². The molecule has 4 rings (SSSR count). The van der Waals surface area contributed by atoms with Crippen molar-refractivity contribution in [2.45, 2.75) is 38.9 Å². The summed E-state index contributed by atoms with van der Waals surface area (Å²) >= 11 is 0. The van der Waals surface area contributed by atoms with Crippen molar-refractivity contribution in [1.29, 1.82) is 0 Å². The topological polar surface area (TPSA) is 22.8 Å². The van der Waals surface area contributed by atoms with Crippen LogP contribution in [0.15, 0.2) is 72.8 Å². The number of benzene rings is 3. The molecule has 29 heavy (non-hydrogen) atoms. The molecule has 0 radical (unpaired) electrons. The largest absolute Gasteiger partial charge is 0.494 e. The second-order valence-corrected chi connectivity index (χ2v) is 8.45. The summed E-state index contributed by atoms with van der Waals surface area (Å²) in [6.45, 7) is 15.3. The van der Waals surface area contributed by atoms with Crippen LogP contribution in [0.2, 0.25) is 0 Å². The average Bonchev–Trinajstić information content (AvgIpc) is 2.95. The molecule has 1 heterocycles. The quantitative estimate of drug-likeness (QED) is 0.418. The van der Waals surface area contributed by atoms with Crippen molar-refractivity contribution in [2.24, 2.45) is 0 Å². The lowest BCUT2D eigenvalue weighted by molar-refractivity contribution is 0.00578. The van der Waals surface area contributed by atoms with Crippen LogP contribution in [0, 0.1) is 6.57 Å². The molecule has 4 heteroatoms. The zero-order valence-electron chi connectivity index (χ0n) is 17.3. The highest BCUT2D eigenvalue weighted by Gasteiger charge is 2.51. The maximum atomic E-state index is 7.06. The normalized spacial score (nSPS) is 17.1. The Kier molecular flexibility index (Phi) is 4.82. The predicted molar refractivity (Wildman–Crippen MR) is 119 cm³/mol. The van der Waals surface area contributed by atoms with Gasteiger partial charge in [0, 0.05) is 0 Å². The minimum Gasteiger partial charge on any atom is -0.399 e. The Hall–Kier alpha value is -2.87. The van der Waals surface area contributed by atoms with E-state index in [-0.39, 0.29) is 18.3 Å². The van der Waals surface area contributed by atoms with Crippen molar-refractivity contribution in [2.75, 3.05) is 0 Å². The van der Waals surface area contributed by atoms with E-state index in [1.807, 2.05) is 24.3 Å². The van der Waals surface area contributed by atoms with Crippen LogP contribution in [0.4, 0.5) is 5.69 Å². The zero-order valence-corrected chi connectivity index (χ0v) is 17.3. The molecule has 1 saturated heterocycles. The third-order valence-corrected chi connectivity index (χ3v) is 5.98. The van der Waals surface area contributed by atoms with Gasteiger partial charge in [-0.25, -0.2) is 4.85 Å². The van der Waals surface area contributed by atoms with E-state index >= 15 is 0 Å². The molecule has 3 aromatic carbocycles. The molecule has 0 aliphatic carbocycles. The maximum absolute atomic E-state index is 7.06. The van der Waals surface area contributed by atoms with E-state index in [2.05, 4.69) is 81.1 Å². The molecule has 1 aliphatic heterocycles. The highest BCUT2D eigenvalue weighted by molar-refractivity contribution is 6.62. The monoisotopic (exact) mass is 381 g/mol. The Bertz CT molecular complexity index is 1030. The van der Waals surface area contributed by atoms with Crippen molar-refractivity contribution < 1.29 is 9.31 Å². The molecular formula is C25H24BNO2. The Morgan fingerprint density at radius 2 is 0.966 bits per heavy atom. The smallest absolute Gasteiger partial charge is 0.399 e. The summed E-state index contributed by atoms with van der Waals surface area (Å²) in [6.07, 6.45) is 0. The molecule has 0 bridgehead atoms. The van der Waals surface area contributed by atoms with Gasteiger partial charge in [-0.05, 0) is 55.4 Å². The van der Waals surface area contributed by atoms with E-state index in [0.29, 0.717) is 5.69 Å². The molecule has 1 fully saturated rings. The lowest BCUT2D eigenvalue weighted by Gasteiger charge is -2.32. The number of rotatable bonds is 3. The van der Waals surface area contributed by atoms with Crippen molar-refractivity contribution in [3.8, 4) is 22.3 Å². The summed E-state index contributed by atoms with van der Waals surface area (Å²) < 4.78 is 12.3. The van der Waals surface area contributed by atoms with Gasteiger partial charge in [0.15, 0.2) is 5.69 Å². The van der Waals surface area contributed by atoms with E-state index in [9.17, 15) is 0 Å². The standard InChI is InChI=1S/C25H24BNO2/c1-24(2)25(3,4)29-26(28-24)22-14-10-20(11-15-22)18-6-8-19(9-7-18)21-12-16-23(27-5)17-13-21/h6-17H,1-4H3. The van der Waals surface area contributed by atoms with Crippen LogP contribution >= 0.6 is 0 Å². The number of hydrogen-bond donors (Lipinski definition) is 0. The van der Waals surface area contributed by atoms with Gasteiger partial charge in [-0.15, -0.1) is 0 Å². The molecule has 0 saturated carbocycles. The molecule has 0 unspecified atom stereocenters. The summed E-state index contributed by atoms with van der Waals surface area (Å²) in [4.78, 5) is 3.44. The third-order valence-electron chi connectivity index (χ3n) is 5.98. The van der Waals surface area contributed by atoms with Crippen molar-refractivity contribution >= 4 is 18.3 Å². The first-order valence-corrected chi connectivity index (χ1v) is 9.83. The first-order chi connectivity index (χ1) is 13.8. The van der Waals surface area contributed by atoms with Crippen LogP contribution in [0.5, 0.6) is 0 Å². The van der Waals surface area contributed by atoms with Crippen LogP contribution in [-0.4, -0.2) is 18.3 Å². The van der Waals surface area contributed by atoms with Gasteiger partial charge in [-0.1, -0.05) is 72.8 Å². The van der Waals surface area contributed by atoms with E-state index < -0.39 is 0 Å². The van der Waals surface area contributed by atoms with Crippen LogP contribution in [-0.2, 0) is 9.31 Å². The molecular weight excluding hydrogens is 357 g/mol. The van der Waals surface area contributed by atoms with Gasteiger partial charge in [-0.2, -0.15) is 0 Å². The van der Waals surface area contributed by atoms with Crippen LogP contribution in [0.1, 0.15) is 27.7 Å². The molecule has 0 spiro atoms. The molecule has 3 nitrogen and oxygen atoms in total. The SMILES string of the molecule is [C-]#[N+]c1ccc(-c2ccc(-c3ccc(B4OC(C)(C)C(C)(C)O4)cc3)cc2)cc1. The van der Waals surface area contributed by atoms with Gasteiger partial charge in [0.25, 0.3) is 0 Å². The fourth-order valence-corrected chi connectivity index (χ4v) is 3.40. The van der Waals surface area contributed by atoms with E-state index in [1.54, 1.807) is 0 Å². The van der Waals surface area contributed by atoms with Crippen LogP contribution < -0.4 is 5.46 Å². The molecule has 1 aliphatic rings. The van der Waals surface area contributed by atoms with Gasteiger partial charge >= 0.3 is 7.12 Å². The Morgan fingerprint density at radius 3 is 1.34 bits per heavy atom. The number of nitrogens with zero attached hydrogens (tertiary/aromatic N) is 1. The third kappa shape index (κ3) is 3.72. The first kappa shape index (κ1) is 19.5. The summed E-state index contributed by atoms with van der Waals surface area (Å²) in [5, 5.41) is 0. The molecule has 0 atom stereocenters. The second-order valence-electron chi connectivity index (χ2n) is 8.45. The molecule has 0 N–H and O–H groups in total. The Labute approximate surface area is 173 Å². The fraction of sp³-hybridized carbons (Fsp3) is 0.240. The molecule has 3 aromatic rings. The van der Waals surface area contributed by atoms with Gasteiger partial charge in [-0.3, -0.25) is 0 Å². The van der Waals surface area contributed by atoms with Crippen LogP contribution in [0.3, 0.4) is 0 Å². The average molecular weight is 381 g/mol.